The van der Waals surface area contributed by atoms with Gasteiger partial charge in [0.1, 0.15) is 5.76 Å². The van der Waals surface area contributed by atoms with E-state index in [1.165, 1.54) is 6.39 Å². The highest BCUT2D eigenvalue weighted by Crippen LogP contribution is 2.28. The Labute approximate surface area is 94.4 Å². The molecule has 1 amide bonds. The van der Waals surface area contributed by atoms with E-state index < -0.39 is 0 Å². The van der Waals surface area contributed by atoms with Crippen molar-refractivity contribution in [2.24, 2.45) is 5.73 Å². The smallest absolute Gasteiger partial charge is 0.273 e. The zero-order valence-electron chi connectivity index (χ0n) is 9.45. The number of nitrogens with zero attached hydrogens (tertiary/aromatic N) is 1. The highest BCUT2D eigenvalue weighted by Gasteiger charge is 2.34. The first kappa shape index (κ1) is 11.1. The molecule has 0 aliphatic heterocycles. The number of amides is 1. The van der Waals surface area contributed by atoms with Gasteiger partial charge in [-0.05, 0) is 19.8 Å². The molecular weight excluding hydrogens is 206 g/mol. The normalized spacial score (nSPS) is 18.6. The lowest BCUT2D eigenvalue weighted by molar-refractivity contribution is 0.0897. The fraction of sp³-hybridized carbons (Fsp3) is 0.636. The van der Waals surface area contributed by atoms with Crippen molar-refractivity contribution in [2.45, 2.75) is 38.1 Å². The Balaban J connectivity index is 2.09. The van der Waals surface area contributed by atoms with Crippen LogP contribution in [0.3, 0.4) is 0 Å². The second-order valence-electron chi connectivity index (χ2n) is 4.40. The van der Waals surface area contributed by atoms with Crippen LogP contribution in [0.2, 0.25) is 0 Å². The molecule has 1 aliphatic rings. The van der Waals surface area contributed by atoms with Crippen molar-refractivity contribution >= 4 is 5.91 Å². The van der Waals surface area contributed by atoms with Gasteiger partial charge in [0.05, 0.1) is 5.54 Å². The van der Waals surface area contributed by atoms with E-state index in [0.29, 0.717) is 18.0 Å². The van der Waals surface area contributed by atoms with Gasteiger partial charge < -0.3 is 15.5 Å². The molecule has 1 aromatic rings. The van der Waals surface area contributed by atoms with Gasteiger partial charge in [0.15, 0.2) is 12.1 Å². The van der Waals surface area contributed by atoms with Crippen LogP contribution in [-0.4, -0.2) is 23.0 Å². The van der Waals surface area contributed by atoms with E-state index >= 15 is 0 Å². The largest absolute Gasteiger partial charge is 0.448 e. The van der Waals surface area contributed by atoms with Crippen LogP contribution in [0.1, 0.15) is 41.9 Å². The Bertz CT molecular complexity index is 380. The number of rotatable bonds is 3. The second-order valence-corrected chi connectivity index (χ2v) is 4.40. The first-order chi connectivity index (χ1) is 7.67. The van der Waals surface area contributed by atoms with Gasteiger partial charge in [-0.3, -0.25) is 4.79 Å². The number of hydrogen-bond acceptors (Lipinski definition) is 4. The summed E-state index contributed by atoms with van der Waals surface area (Å²) in [5, 5.41) is 3.00. The molecule has 1 aromatic heterocycles. The number of aryl methyl sites for hydroxylation is 1. The lowest BCUT2D eigenvalue weighted by Crippen LogP contribution is -2.51. The monoisotopic (exact) mass is 223 g/mol. The molecule has 0 spiro atoms. The van der Waals surface area contributed by atoms with Crippen molar-refractivity contribution in [3.63, 3.8) is 0 Å². The van der Waals surface area contributed by atoms with Crippen LogP contribution < -0.4 is 11.1 Å². The summed E-state index contributed by atoms with van der Waals surface area (Å²) in [6, 6.07) is 0. The Morgan fingerprint density at radius 3 is 2.81 bits per heavy atom. The second kappa shape index (κ2) is 4.25. The first-order valence-electron chi connectivity index (χ1n) is 5.59. The van der Waals surface area contributed by atoms with Gasteiger partial charge in [0.2, 0.25) is 0 Å². The average molecular weight is 223 g/mol. The maximum Gasteiger partial charge on any atom is 0.273 e. The molecule has 16 heavy (non-hydrogen) atoms. The van der Waals surface area contributed by atoms with Crippen LogP contribution in [0.25, 0.3) is 0 Å². The van der Waals surface area contributed by atoms with E-state index in [4.69, 9.17) is 10.2 Å². The molecule has 5 nitrogen and oxygen atoms in total. The van der Waals surface area contributed by atoms with Crippen LogP contribution in [0.4, 0.5) is 0 Å². The van der Waals surface area contributed by atoms with E-state index in [1.807, 2.05) is 0 Å². The fourth-order valence-corrected chi connectivity index (χ4v) is 2.26. The maximum absolute atomic E-state index is 12.0. The van der Waals surface area contributed by atoms with Crippen molar-refractivity contribution in [2.75, 3.05) is 6.54 Å². The van der Waals surface area contributed by atoms with E-state index in [0.717, 1.165) is 25.7 Å². The summed E-state index contributed by atoms with van der Waals surface area (Å²) >= 11 is 0. The van der Waals surface area contributed by atoms with Crippen LogP contribution in [0, 0.1) is 6.92 Å². The molecule has 0 unspecified atom stereocenters. The molecule has 3 N–H and O–H groups in total. The van der Waals surface area contributed by atoms with Gasteiger partial charge in [-0.15, -0.1) is 0 Å². The van der Waals surface area contributed by atoms with Crippen LogP contribution in [0.5, 0.6) is 0 Å². The molecule has 1 fully saturated rings. The maximum atomic E-state index is 12.0. The molecule has 5 heteroatoms. The van der Waals surface area contributed by atoms with Crippen molar-refractivity contribution in [1.82, 2.24) is 10.3 Å². The third-order valence-corrected chi connectivity index (χ3v) is 3.29. The predicted molar refractivity (Wildman–Crippen MR) is 59.0 cm³/mol. The van der Waals surface area contributed by atoms with Gasteiger partial charge in [-0.2, -0.15) is 0 Å². The van der Waals surface area contributed by atoms with Gasteiger partial charge in [0, 0.05) is 6.54 Å². The number of aromatic nitrogens is 1. The van der Waals surface area contributed by atoms with Gasteiger partial charge in [-0.1, -0.05) is 12.8 Å². The molecule has 0 atom stereocenters. The van der Waals surface area contributed by atoms with Gasteiger partial charge in [0.25, 0.3) is 5.91 Å². The minimum absolute atomic E-state index is 0.182. The van der Waals surface area contributed by atoms with E-state index in [9.17, 15) is 4.79 Å². The van der Waals surface area contributed by atoms with E-state index in [1.54, 1.807) is 6.92 Å². The summed E-state index contributed by atoms with van der Waals surface area (Å²) in [5.74, 6) is 0.362. The molecule has 0 aromatic carbocycles. The third kappa shape index (κ3) is 1.95. The molecule has 88 valence electrons. The summed E-state index contributed by atoms with van der Waals surface area (Å²) in [6.45, 7) is 2.21. The van der Waals surface area contributed by atoms with Crippen molar-refractivity contribution in [1.29, 1.82) is 0 Å². The summed E-state index contributed by atoms with van der Waals surface area (Å²) in [5.41, 5.74) is 5.88. The van der Waals surface area contributed by atoms with Crippen LogP contribution in [0.15, 0.2) is 10.8 Å². The Morgan fingerprint density at radius 1 is 1.62 bits per heavy atom. The molecule has 0 saturated heterocycles. The molecule has 0 radical (unpaired) electrons. The van der Waals surface area contributed by atoms with E-state index in [-0.39, 0.29) is 11.4 Å². The Hall–Kier alpha value is -1.36. The number of carbonyl (C=O) groups excluding carboxylic acids is 1. The van der Waals surface area contributed by atoms with Gasteiger partial charge >= 0.3 is 0 Å². The molecule has 1 heterocycles. The SMILES string of the molecule is Cc1ocnc1C(=O)NC1(CN)CCCC1. The molecular formula is C11H17N3O2. The average Bonchev–Trinajstić information content (AvgIpc) is 2.87. The molecule has 1 saturated carbocycles. The van der Waals surface area contributed by atoms with Crippen molar-refractivity contribution < 1.29 is 9.21 Å². The van der Waals surface area contributed by atoms with Gasteiger partial charge in [-0.25, -0.2) is 4.98 Å². The Morgan fingerprint density at radius 2 is 2.31 bits per heavy atom. The first-order valence-corrected chi connectivity index (χ1v) is 5.59. The number of carbonyl (C=O) groups is 1. The van der Waals surface area contributed by atoms with Crippen LogP contribution >= 0.6 is 0 Å². The molecule has 1 aliphatic carbocycles. The summed E-state index contributed by atoms with van der Waals surface area (Å²) in [7, 11) is 0. The highest BCUT2D eigenvalue weighted by atomic mass is 16.3. The van der Waals surface area contributed by atoms with Crippen molar-refractivity contribution in [3.8, 4) is 0 Å². The lowest BCUT2D eigenvalue weighted by atomic mass is 9.97. The zero-order chi connectivity index (χ0) is 11.6. The lowest BCUT2D eigenvalue weighted by Gasteiger charge is -2.28. The minimum Gasteiger partial charge on any atom is -0.448 e. The van der Waals surface area contributed by atoms with Crippen molar-refractivity contribution in [3.05, 3.63) is 17.8 Å². The summed E-state index contributed by atoms with van der Waals surface area (Å²) < 4.78 is 5.01. The third-order valence-electron chi connectivity index (χ3n) is 3.29. The number of oxazole rings is 1. The highest BCUT2D eigenvalue weighted by molar-refractivity contribution is 5.93. The number of nitrogens with two attached hydrogens (primary N) is 1. The predicted octanol–water partition coefficient (Wildman–Crippen LogP) is 0.984. The number of nitrogens with one attached hydrogen (secondary N) is 1. The fourth-order valence-electron chi connectivity index (χ4n) is 2.26. The quantitative estimate of drug-likeness (QED) is 0.800. The van der Waals surface area contributed by atoms with E-state index in [2.05, 4.69) is 10.3 Å². The molecule has 2 rings (SSSR count). The number of hydrogen-bond donors (Lipinski definition) is 2. The molecule has 0 bridgehead atoms. The topological polar surface area (TPSA) is 81.2 Å². The zero-order valence-corrected chi connectivity index (χ0v) is 9.45. The standard InChI is InChI=1S/C11H17N3O2/c1-8-9(13-7-16-8)10(15)14-11(6-12)4-2-3-5-11/h7H,2-6,12H2,1H3,(H,14,15). The minimum atomic E-state index is -0.234. The summed E-state index contributed by atoms with van der Waals surface area (Å²) in [4.78, 5) is 15.9. The summed E-state index contributed by atoms with van der Waals surface area (Å²) in [6.07, 6.45) is 5.43. The Kier molecular flexibility index (Phi) is 2.96. The van der Waals surface area contributed by atoms with Crippen LogP contribution in [-0.2, 0) is 0 Å².